The van der Waals surface area contributed by atoms with E-state index in [1.165, 1.54) is 6.07 Å². The Hall–Kier alpha value is -1.56. The minimum Gasteiger partial charge on any atom is -0.269 e. The van der Waals surface area contributed by atoms with Crippen molar-refractivity contribution in [1.82, 2.24) is 4.72 Å². The van der Waals surface area contributed by atoms with Crippen LogP contribution in [0.15, 0.2) is 39.9 Å². The second kappa shape index (κ2) is 7.13. The van der Waals surface area contributed by atoms with Crippen molar-refractivity contribution in [2.45, 2.75) is 4.21 Å². The van der Waals surface area contributed by atoms with Gasteiger partial charge in [0, 0.05) is 19.2 Å². The molecule has 6 nitrogen and oxygen atoms in total. The number of rotatable bonds is 7. The molecule has 0 spiro atoms. The maximum absolute atomic E-state index is 13.3. The van der Waals surface area contributed by atoms with E-state index in [0.29, 0.717) is 0 Å². The third-order valence-corrected chi connectivity index (χ3v) is 7.01. The van der Waals surface area contributed by atoms with Crippen LogP contribution in [0.25, 0.3) is 0 Å². The fourth-order valence-corrected chi connectivity index (χ4v) is 4.87. The van der Waals surface area contributed by atoms with Gasteiger partial charge in [0.05, 0.1) is 11.9 Å². The van der Waals surface area contributed by atoms with Crippen LogP contribution in [-0.4, -0.2) is 36.2 Å². The van der Waals surface area contributed by atoms with Crippen LogP contribution in [-0.2, 0) is 20.0 Å². The molecule has 132 valence electrons. The molecule has 0 bridgehead atoms. The van der Waals surface area contributed by atoms with E-state index in [1.54, 1.807) is 11.4 Å². The molecule has 0 aliphatic carbocycles. The van der Waals surface area contributed by atoms with Crippen molar-refractivity contribution in [3.8, 4) is 0 Å². The summed E-state index contributed by atoms with van der Waals surface area (Å²) in [5.41, 5.74) is -0.0910. The molecule has 0 saturated carbocycles. The van der Waals surface area contributed by atoms with Gasteiger partial charge in [-0.15, -0.1) is 11.3 Å². The molecule has 0 aliphatic rings. The molecule has 0 aliphatic heterocycles. The largest absolute Gasteiger partial charge is 0.269 e. The van der Waals surface area contributed by atoms with Crippen LogP contribution in [0.4, 0.5) is 14.5 Å². The van der Waals surface area contributed by atoms with E-state index in [2.05, 4.69) is 4.72 Å². The molecule has 11 heteroatoms. The van der Waals surface area contributed by atoms with Crippen LogP contribution < -0.4 is 9.03 Å². The Bertz CT molecular complexity index is 913. The molecule has 0 fully saturated rings. The van der Waals surface area contributed by atoms with Crippen molar-refractivity contribution in [3.63, 3.8) is 0 Å². The molecule has 1 aromatic carbocycles. The highest BCUT2D eigenvalue weighted by Gasteiger charge is 2.21. The van der Waals surface area contributed by atoms with E-state index in [9.17, 15) is 25.6 Å². The van der Waals surface area contributed by atoms with E-state index in [-0.39, 0.29) is 23.0 Å². The van der Waals surface area contributed by atoms with Crippen LogP contribution in [0.5, 0.6) is 0 Å². The Labute approximate surface area is 142 Å². The average molecular weight is 396 g/mol. The summed E-state index contributed by atoms with van der Waals surface area (Å²) in [6.45, 7) is -0.499. The third-order valence-electron chi connectivity index (χ3n) is 2.96. The minimum absolute atomic E-state index is 0.0910. The number of halogens is 2. The predicted octanol–water partition coefficient (Wildman–Crippen LogP) is 1.77. The van der Waals surface area contributed by atoms with Crippen LogP contribution >= 0.6 is 11.3 Å². The zero-order valence-corrected chi connectivity index (χ0v) is 14.9. The molecule has 0 amide bonds. The first-order valence-electron chi connectivity index (χ1n) is 6.57. The third kappa shape index (κ3) is 4.50. The van der Waals surface area contributed by atoms with Gasteiger partial charge in [-0.25, -0.2) is 30.3 Å². The van der Waals surface area contributed by atoms with Gasteiger partial charge in [-0.1, -0.05) is 6.07 Å². The summed E-state index contributed by atoms with van der Waals surface area (Å²) in [5.74, 6) is -2.30. The topological polar surface area (TPSA) is 83.6 Å². The summed E-state index contributed by atoms with van der Waals surface area (Å²) in [6.07, 6.45) is 0.891. The first-order chi connectivity index (χ1) is 11.1. The highest BCUT2D eigenvalue weighted by atomic mass is 32.2. The first-order valence-corrected chi connectivity index (χ1v) is 10.8. The number of hydrogen-bond acceptors (Lipinski definition) is 5. The first kappa shape index (κ1) is 18.8. The second-order valence-corrected chi connectivity index (χ2v) is 9.61. The molecule has 0 saturated heterocycles. The van der Waals surface area contributed by atoms with E-state index in [4.69, 9.17) is 0 Å². The van der Waals surface area contributed by atoms with Crippen molar-refractivity contribution < 1.29 is 25.6 Å². The predicted molar refractivity (Wildman–Crippen MR) is 88.1 cm³/mol. The molecule has 2 rings (SSSR count). The molecule has 0 unspecified atom stereocenters. The van der Waals surface area contributed by atoms with Gasteiger partial charge < -0.3 is 0 Å². The molecule has 1 N–H and O–H groups in total. The number of sulfonamides is 2. The van der Waals surface area contributed by atoms with Gasteiger partial charge in [0.15, 0.2) is 11.6 Å². The number of thiophene rings is 1. The minimum atomic E-state index is -3.81. The van der Waals surface area contributed by atoms with E-state index in [1.807, 2.05) is 0 Å². The molecule has 1 aromatic heterocycles. The lowest BCUT2D eigenvalue weighted by Crippen LogP contribution is -2.38. The number of nitrogens with one attached hydrogen (secondary N) is 1. The maximum Gasteiger partial charge on any atom is 0.250 e. The van der Waals surface area contributed by atoms with Crippen molar-refractivity contribution >= 4 is 37.1 Å². The van der Waals surface area contributed by atoms with E-state index >= 15 is 0 Å². The van der Waals surface area contributed by atoms with Crippen LogP contribution in [0.3, 0.4) is 0 Å². The Morgan fingerprint density at radius 2 is 1.83 bits per heavy atom. The molecule has 24 heavy (non-hydrogen) atoms. The van der Waals surface area contributed by atoms with Crippen molar-refractivity contribution in [1.29, 1.82) is 0 Å². The van der Waals surface area contributed by atoms with E-state index in [0.717, 1.165) is 40.1 Å². The summed E-state index contributed by atoms with van der Waals surface area (Å²) in [7, 11) is -7.55. The number of nitrogens with zero attached hydrogens (tertiary/aromatic N) is 1. The van der Waals surface area contributed by atoms with Gasteiger partial charge in [0.25, 0.3) is 0 Å². The van der Waals surface area contributed by atoms with Crippen LogP contribution in [0, 0.1) is 11.6 Å². The average Bonchev–Trinajstić information content (AvgIpc) is 3.00. The highest BCUT2D eigenvalue weighted by Crippen LogP contribution is 2.20. The van der Waals surface area contributed by atoms with Crippen LogP contribution in [0.2, 0.25) is 0 Å². The lowest BCUT2D eigenvalue weighted by atomic mass is 10.3. The zero-order chi connectivity index (χ0) is 18.0. The van der Waals surface area contributed by atoms with Gasteiger partial charge in [-0.2, -0.15) is 0 Å². The SMILES string of the molecule is CS(=O)(=O)N(CCNS(=O)(=O)c1cccs1)c1ccc(F)c(F)c1. The highest BCUT2D eigenvalue weighted by molar-refractivity contribution is 7.92. The zero-order valence-electron chi connectivity index (χ0n) is 12.4. The van der Waals surface area contributed by atoms with Gasteiger partial charge in [0.1, 0.15) is 4.21 Å². The van der Waals surface area contributed by atoms with Crippen molar-refractivity contribution in [3.05, 3.63) is 47.3 Å². The molecule has 2 aromatic rings. The van der Waals surface area contributed by atoms with Crippen LogP contribution in [0.1, 0.15) is 0 Å². The number of benzene rings is 1. The quantitative estimate of drug-likeness (QED) is 0.773. The van der Waals surface area contributed by atoms with Gasteiger partial charge in [0.2, 0.25) is 20.0 Å². The fraction of sp³-hybridized carbons (Fsp3) is 0.231. The second-order valence-electron chi connectivity index (χ2n) is 4.76. The van der Waals surface area contributed by atoms with Gasteiger partial charge >= 0.3 is 0 Å². The smallest absolute Gasteiger partial charge is 0.250 e. The maximum atomic E-state index is 13.3. The summed E-state index contributed by atoms with van der Waals surface area (Å²) >= 11 is 1.02. The number of anilines is 1. The fourth-order valence-electron chi connectivity index (χ4n) is 1.90. The monoisotopic (exact) mass is 396 g/mol. The summed E-state index contributed by atoms with van der Waals surface area (Å²) in [5, 5.41) is 1.60. The van der Waals surface area contributed by atoms with Gasteiger partial charge in [-0.05, 0) is 23.6 Å². The van der Waals surface area contributed by atoms with Crippen molar-refractivity contribution in [2.24, 2.45) is 0 Å². The van der Waals surface area contributed by atoms with Crippen molar-refractivity contribution in [2.75, 3.05) is 23.7 Å². The number of hydrogen-bond donors (Lipinski definition) is 1. The molecule has 0 radical (unpaired) electrons. The molecule has 1 heterocycles. The lowest BCUT2D eigenvalue weighted by molar-refractivity contribution is 0.508. The Balaban J connectivity index is 2.15. The lowest BCUT2D eigenvalue weighted by Gasteiger charge is -2.22. The summed E-state index contributed by atoms with van der Waals surface area (Å²) in [4.78, 5) is 0. The molecule has 0 atom stereocenters. The molecular formula is C13H14F2N2O4S3. The summed E-state index contributed by atoms with van der Waals surface area (Å²) < 4.78 is 77.1. The van der Waals surface area contributed by atoms with Gasteiger partial charge in [-0.3, -0.25) is 4.31 Å². The van der Waals surface area contributed by atoms with E-state index < -0.39 is 31.7 Å². The molecular weight excluding hydrogens is 382 g/mol. The Kier molecular flexibility index (Phi) is 5.58. The summed E-state index contributed by atoms with van der Waals surface area (Å²) in [6, 6.07) is 5.63. The Morgan fingerprint density at radius 1 is 1.12 bits per heavy atom. The normalized spacial score (nSPS) is 12.3. The Morgan fingerprint density at radius 3 is 2.38 bits per heavy atom. The standard InChI is InChI=1S/C13H14F2N2O4S3/c1-23(18,19)17(10-4-5-11(14)12(15)9-10)7-6-16-24(20,21)13-3-2-8-22-13/h2-5,8-9,16H,6-7H2,1H3.